The molecule has 0 aliphatic heterocycles. The van der Waals surface area contributed by atoms with Gasteiger partial charge in [0, 0.05) is 10.9 Å². The molecular formula is C22H17N7O2. The number of rotatable bonds is 5. The number of hydrogen-bond donors (Lipinski definition) is 3. The van der Waals surface area contributed by atoms with E-state index >= 15 is 0 Å². The molecule has 152 valence electrons. The van der Waals surface area contributed by atoms with E-state index < -0.39 is 5.91 Å². The Morgan fingerprint density at radius 1 is 0.903 bits per heavy atom. The minimum absolute atomic E-state index is 0.146. The van der Waals surface area contributed by atoms with Crippen molar-refractivity contribution in [1.82, 2.24) is 30.4 Å². The molecular weight excluding hydrogens is 394 g/mol. The molecule has 0 saturated carbocycles. The lowest BCUT2D eigenvalue weighted by atomic mass is 10.1. The van der Waals surface area contributed by atoms with E-state index in [1.165, 1.54) is 0 Å². The number of benzene rings is 2. The number of carbonyl (C=O) groups excluding carboxylic acids is 1. The Morgan fingerprint density at radius 2 is 1.81 bits per heavy atom. The molecule has 0 aliphatic rings. The molecule has 0 atom stereocenters. The predicted molar refractivity (Wildman–Crippen MR) is 116 cm³/mol. The van der Waals surface area contributed by atoms with Crippen molar-refractivity contribution in [2.75, 3.05) is 12.4 Å². The largest absolute Gasteiger partial charge is 0.497 e. The van der Waals surface area contributed by atoms with Gasteiger partial charge in [-0.15, -0.1) is 5.10 Å². The molecule has 5 aromatic rings. The number of hydrogen-bond acceptors (Lipinski definition) is 6. The van der Waals surface area contributed by atoms with Crippen molar-refractivity contribution >= 4 is 22.8 Å². The maximum atomic E-state index is 12.6. The molecule has 0 radical (unpaired) electrons. The first kappa shape index (κ1) is 18.5. The van der Waals surface area contributed by atoms with Gasteiger partial charge in [0.1, 0.15) is 17.1 Å². The smallest absolute Gasteiger partial charge is 0.276 e. The standard InChI is InChI=1S/C22H17N7O2/c1-31-15-7-4-6-14(11-15)18-12-19(27-26-18)21(30)25-22-24-20(28-29-22)17-10-9-13-5-2-3-8-16(13)23-17/h2-12H,1H3,(H,26,27)(H2,24,25,28,29,30). The summed E-state index contributed by atoms with van der Waals surface area (Å²) in [6, 6.07) is 20.7. The summed E-state index contributed by atoms with van der Waals surface area (Å²) >= 11 is 0. The molecule has 0 bridgehead atoms. The first-order chi connectivity index (χ1) is 15.2. The van der Waals surface area contributed by atoms with Crippen LogP contribution >= 0.6 is 0 Å². The summed E-state index contributed by atoms with van der Waals surface area (Å²) in [5.41, 5.74) is 3.23. The highest BCUT2D eigenvalue weighted by atomic mass is 16.5. The van der Waals surface area contributed by atoms with Gasteiger partial charge in [0.05, 0.1) is 18.3 Å². The van der Waals surface area contributed by atoms with E-state index in [0.29, 0.717) is 23.0 Å². The number of ether oxygens (including phenoxy) is 1. The monoisotopic (exact) mass is 411 g/mol. The average Bonchev–Trinajstić information content (AvgIpc) is 3.49. The quantitative estimate of drug-likeness (QED) is 0.406. The fraction of sp³-hybridized carbons (Fsp3) is 0.0455. The summed E-state index contributed by atoms with van der Waals surface area (Å²) < 4.78 is 5.23. The van der Waals surface area contributed by atoms with E-state index in [2.05, 4.69) is 35.7 Å². The molecule has 0 spiro atoms. The van der Waals surface area contributed by atoms with Gasteiger partial charge in [0.2, 0.25) is 5.95 Å². The summed E-state index contributed by atoms with van der Waals surface area (Å²) in [5, 5.41) is 17.5. The molecule has 3 aromatic heterocycles. The van der Waals surface area contributed by atoms with Gasteiger partial charge < -0.3 is 4.74 Å². The first-order valence-electron chi connectivity index (χ1n) is 9.49. The van der Waals surface area contributed by atoms with Crippen molar-refractivity contribution in [3.05, 3.63) is 72.4 Å². The third-order valence-corrected chi connectivity index (χ3v) is 4.74. The molecule has 31 heavy (non-hydrogen) atoms. The summed E-state index contributed by atoms with van der Waals surface area (Å²) in [5.74, 6) is 0.913. The fourth-order valence-corrected chi connectivity index (χ4v) is 3.17. The number of carbonyl (C=O) groups is 1. The molecule has 0 unspecified atom stereocenters. The minimum Gasteiger partial charge on any atom is -0.497 e. The Bertz CT molecular complexity index is 1390. The molecule has 9 heteroatoms. The zero-order valence-corrected chi connectivity index (χ0v) is 16.5. The molecule has 5 rings (SSSR count). The number of para-hydroxylation sites is 1. The SMILES string of the molecule is COc1cccc(-c2cc(C(=O)Nc3n[nH]c(-c4ccc5ccccc5n4)n3)[nH]n2)c1. The summed E-state index contributed by atoms with van der Waals surface area (Å²) in [6.07, 6.45) is 0. The molecule has 2 aromatic carbocycles. The van der Waals surface area contributed by atoms with Crippen molar-refractivity contribution in [2.45, 2.75) is 0 Å². The Hall–Kier alpha value is -4.53. The Balaban J connectivity index is 1.33. The Kier molecular flexibility index (Phi) is 4.60. The Morgan fingerprint density at radius 3 is 2.71 bits per heavy atom. The van der Waals surface area contributed by atoms with E-state index in [1.54, 1.807) is 13.2 Å². The fourth-order valence-electron chi connectivity index (χ4n) is 3.17. The van der Waals surface area contributed by atoms with Crippen LogP contribution < -0.4 is 10.1 Å². The van der Waals surface area contributed by atoms with Crippen LogP contribution in [0.4, 0.5) is 5.95 Å². The second kappa shape index (κ2) is 7.71. The summed E-state index contributed by atoms with van der Waals surface area (Å²) in [6.45, 7) is 0. The van der Waals surface area contributed by atoms with Crippen LogP contribution in [0, 0.1) is 0 Å². The predicted octanol–water partition coefficient (Wildman–Crippen LogP) is 3.67. The number of aromatic nitrogens is 6. The van der Waals surface area contributed by atoms with E-state index in [9.17, 15) is 4.79 Å². The molecule has 0 saturated heterocycles. The van der Waals surface area contributed by atoms with Gasteiger partial charge in [-0.25, -0.2) is 4.98 Å². The lowest BCUT2D eigenvalue weighted by Gasteiger charge is -2.01. The van der Waals surface area contributed by atoms with Crippen LogP contribution in [-0.2, 0) is 0 Å². The van der Waals surface area contributed by atoms with Crippen LogP contribution in [0.5, 0.6) is 5.75 Å². The number of pyridine rings is 1. The number of methoxy groups -OCH3 is 1. The van der Waals surface area contributed by atoms with Crippen LogP contribution in [0.15, 0.2) is 66.7 Å². The maximum Gasteiger partial charge on any atom is 0.276 e. The van der Waals surface area contributed by atoms with E-state index in [0.717, 1.165) is 16.5 Å². The lowest BCUT2D eigenvalue weighted by Crippen LogP contribution is -2.13. The average molecular weight is 411 g/mol. The van der Waals surface area contributed by atoms with Gasteiger partial charge in [0.15, 0.2) is 5.82 Å². The maximum absolute atomic E-state index is 12.6. The molecule has 1 amide bonds. The highest BCUT2D eigenvalue weighted by Crippen LogP contribution is 2.23. The van der Waals surface area contributed by atoms with Gasteiger partial charge in [-0.05, 0) is 30.3 Å². The van der Waals surface area contributed by atoms with Crippen LogP contribution in [0.25, 0.3) is 33.7 Å². The number of amides is 1. The molecule has 0 aliphatic carbocycles. The van der Waals surface area contributed by atoms with Gasteiger partial charge >= 0.3 is 0 Å². The number of fused-ring (bicyclic) bond motifs is 1. The normalized spacial score (nSPS) is 10.9. The number of nitrogens with zero attached hydrogens (tertiary/aromatic N) is 4. The second-order valence-electron chi connectivity index (χ2n) is 6.75. The second-order valence-corrected chi connectivity index (χ2v) is 6.75. The Labute approximate surface area is 176 Å². The minimum atomic E-state index is -0.404. The van der Waals surface area contributed by atoms with Crippen molar-refractivity contribution in [1.29, 1.82) is 0 Å². The lowest BCUT2D eigenvalue weighted by molar-refractivity contribution is 0.102. The van der Waals surface area contributed by atoms with Crippen LogP contribution in [-0.4, -0.2) is 43.4 Å². The van der Waals surface area contributed by atoms with Crippen molar-refractivity contribution < 1.29 is 9.53 Å². The zero-order chi connectivity index (χ0) is 21.2. The summed E-state index contributed by atoms with van der Waals surface area (Å²) in [7, 11) is 1.60. The molecule has 3 N–H and O–H groups in total. The molecule has 9 nitrogen and oxygen atoms in total. The van der Waals surface area contributed by atoms with E-state index in [-0.39, 0.29) is 11.6 Å². The van der Waals surface area contributed by atoms with Crippen LogP contribution in [0.1, 0.15) is 10.5 Å². The number of nitrogens with one attached hydrogen (secondary N) is 3. The third kappa shape index (κ3) is 3.71. The van der Waals surface area contributed by atoms with Crippen molar-refractivity contribution in [3.63, 3.8) is 0 Å². The highest BCUT2D eigenvalue weighted by molar-refractivity contribution is 6.02. The van der Waals surface area contributed by atoms with Crippen molar-refractivity contribution in [2.24, 2.45) is 0 Å². The van der Waals surface area contributed by atoms with Gasteiger partial charge in [-0.3, -0.25) is 20.3 Å². The van der Waals surface area contributed by atoms with Crippen molar-refractivity contribution in [3.8, 4) is 28.5 Å². The topological polar surface area (TPSA) is 121 Å². The zero-order valence-electron chi connectivity index (χ0n) is 16.5. The first-order valence-corrected chi connectivity index (χ1v) is 9.49. The van der Waals surface area contributed by atoms with Gasteiger partial charge in [0.25, 0.3) is 5.91 Å². The van der Waals surface area contributed by atoms with Gasteiger partial charge in [-0.2, -0.15) is 10.1 Å². The molecule has 3 heterocycles. The number of aromatic amines is 2. The molecule has 0 fully saturated rings. The van der Waals surface area contributed by atoms with E-state index in [1.807, 2.05) is 60.7 Å². The van der Waals surface area contributed by atoms with Gasteiger partial charge in [-0.1, -0.05) is 36.4 Å². The van der Waals surface area contributed by atoms with Crippen LogP contribution in [0.3, 0.4) is 0 Å². The van der Waals surface area contributed by atoms with Crippen LogP contribution in [0.2, 0.25) is 0 Å². The number of H-pyrrole nitrogens is 2. The van der Waals surface area contributed by atoms with E-state index in [4.69, 9.17) is 4.74 Å². The third-order valence-electron chi connectivity index (χ3n) is 4.74. The highest BCUT2D eigenvalue weighted by Gasteiger charge is 2.15. The summed E-state index contributed by atoms with van der Waals surface area (Å²) in [4.78, 5) is 21.5. The number of anilines is 1.